The van der Waals surface area contributed by atoms with Crippen molar-refractivity contribution in [1.82, 2.24) is 0 Å². The van der Waals surface area contributed by atoms with Crippen LogP contribution in [0.3, 0.4) is 0 Å². The van der Waals surface area contributed by atoms with Gasteiger partial charge >= 0.3 is 11.9 Å². The molecule has 0 aromatic heterocycles. The third-order valence-corrected chi connectivity index (χ3v) is 2.32. The van der Waals surface area contributed by atoms with Crippen molar-refractivity contribution >= 4 is 11.9 Å². The second-order valence-electron chi connectivity index (χ2n) is 4.10. The van der Waals surface area contributed by atoms with Gasteiger partial charge in [0, 0.05) is 17.8 Å². The summed E-state index contributed by atoms with van der Waals surface area (Å²) in [4.78, 5) is 20.2. The number of rotatable bonds is 9. The summed E-state index contributed by atoms with van der Waals surface area (Å²) in [5.74, 6) is -1.85. The minimum absolute atomic E-state index is 0.0201. The smallest absolute Gasteiger partial charge is 0.330 e. The van der Waals surface area contributed by atoms with Crippen molar-refractivity contribution in [2.24, 2.45) is 0 Å². The van der Waals surface area contributed by atoms with Gasteiger partial charge in [-0.3, -0.25) is 0 Å². The highest BCUT2D eigenvalue weighted by molar-refractivity contribution is 5.85. The van der Waals surface area contributed by atoms with E-state index in [1.807, 2.05) is 0 Å². The van der Waals surface area contributed by atoms with Gasteiger partial charge in [-0.15, -0.1) is 0 Å². The van der Waals surface area contributed by atoms with E-state index in [-0.39, 0.29) is 12.2 Å². The molecule has 0 atom stereocenters. The SMILES string of the molecule is C=C(CCCCC)C(=O)O.C=C(CCCO)C(=O)O. The summed E-state index contributed by atoms with van der Waals surface area (Å²) >= 11 is 0. The van der Waals surface area contributed by atoms with Crippen molar-refractivity contribution in [3.8, 4) is 0 Å². The van der Waals surface area contributed by atoms with E-state index < -0.39 is 11.9 Å². The van der Waals surface area contributed by atoms with E-state index in [9.17, 15) is 9.59 Å². The van der Waals surface area contributed by atoms with Gasteiger partial charge in [-0.1, -0.05) is 32.9 Å². The Kier molecular flexibility index (Phi) is 13.3. The monoisotopic (exact) mass is 272 g/mol. The molecule has 0 bridgehead atoms. The number of carboxylic acids is 2. The molecule has 0 saturated carbocycles. The fraction of sp³-hybridized carbons (Fsp3) is 0.571. The molecule has 5 nitrogen and oxygen atoms in total. The fourth-order valence-electron chi connectivity index (χ4n) is 1.09. The molecule has 110 valence electrons. The quantitative estimate of drug-likeness (QED) is 0.443. The van der Waals surface area contributed by atoms with E-state index in [0.29, 0.717) is 24.8 Å². The first-order valence-electron chi connectivity index (χ1n) is 6.29. The molecule has 0 unspecified atom stereocenters. The molecule has 0 aromatic carbocycles. The maximum Gasteiger partial charge on any atom is 0.330 e. The van der Waals surface area contributed by atoms with Crippen molar-refractivity contribution in [2.75, 3.05) is 6.61 Å². The summed E-state index contributed by atoms with van der Waals surface area (Å²) in [5, 5.41) is 24.9. The number of aliphatic hydroxyl groups excluding tert-OH is 1. The van der Waals surface area contributed by atoms with Crippen molar-refractivity contribution in [3.05, 3.63) is 24.3 Å². The number of carbonyl (C=O) groups is 2. The normalized spacial score (nSPS) is 9.16. The summed E-state index contributed by atoms with van der Waals surface area (Å²) in [6, 6.07) is 0. The van der Waals surface area contributed by atoms with Crippen LogP contribution in [0, 0.1) is 0 Å². The lowest BCUT2D eigenvalue weighted by molar-refractivity contribution is -0.133. The Bertz CT molecular complexity index is 307. The molecule has 0 aliphatic carbocycles. The molecule has 0 radical (unpaired) electrons. The highest BCUT2D eigenvalue weighted by Gasteiger charge is 2.01. The van der Waals surface area contributed by atoms with E-state index in [1.165, 1.54) is 0 Å². The molecule has 5 heteroatoms. The Hall–Kier alpha value is -1.62. The first kappa shape index (κ1) is 19.7. The number of hydrogen-bond acceptors (Lipinski definition) is 3. The summed E-state index contributed by atoms with van der Waals surface area (Å²) in [5.41, 5.74) is 0.484. The van der Waals surface area contributed by atoms with Crippen LogP contribution in [0.15, 0.2) is 24.3 Å². The summed E-state index contributed by atoms with van der Waals surface area (Å²) in [6.45, 7) is 8.81. The molecule has 0 fully saturated rings. The maximum atomic E-state index is 10.2. The summed E-state index contributed by atoms with van der Waals surface area (Å²) in [7, 11) is 0. The predicted molar refractivity (Wildman–Crippen MR) is 74.0 cm³/mol. The zero-order valence-electron chi connectivity index (χ0n) is 11.5. The zero-order chi connectivity index (χ0) is 15.3. The van der Waals surface area contributed by atoms with Crippen LogP contribution in [0.5, 0.6) is 0 Å². The van der Waals surface area contributed by atoms with Gasteiger partial charge in [-0.05, 0) is 25.7 Å². The van der Waals surface area contributed by atoms with Gasteiger partial charge in [0.1, 0.15) is 0 Å². The van der Waals surface area contributed by atoms with Crippen LogP contribution in [0.1, 0.15) is 45.4 Å². The van der Waals surface area contributed by atoms with Crippen molar-refractivity contribution in [1.29, 1.82) is 0 Å². The highest BCUT2D eigenvalue weighted by atomic mass is 16.4. The molecule has 0 aliphatic heterocycles. The molecule has 0 heterocycles. The topological polar surface area (TPSA) is 94.8 Å². The van der Waals surface area contributed by atoms with Crippen LogP contribution < -0.4 is 0 Å². The van der Waals surface area contributed by atoms with E-state index in [2.05, 4.69) is 20.1 Å². The summed E-state index contributed by atoms with van der Waals surface area (Å²) < 4.78 is 0. The second-order valence-corrected chi connectivity index (χ2v) is 4.10. The van der Waals surface area contributed by atoms with E-state index in [0.717, 1.165) is 19.3 Å². The van der Waals surface area contributed by atoms with Gasteiger partial charge in [0.05, 0.1) is 0 Å². The van der Waals surface area contributed by atoms with Gasteiger partial charge in [0.2, 0.25) is 0 Å². The predicted octanol–water partition coefficient (Wildman–Crippen LogP) is 2.61. The van der Waals surface area contributed by atoms with Crippen LogP contribution in [-0.2, 0) is 9.59 Å². The van der Waals surface area contributed by atoms with E-state index in [1.54, 1.807) is 0 Å². The third-order valence-electron chi connectivity index (χ3n) is 2.32. The minimum Gasteiger partial charge on any atom is -0.478 e. The van der Waals surface area contributed by atoms with Crippen LogP contribution in [0.2, 0.25) is 0 Å². The molecular weight excluding hydrogens is 248 g/mol. The number of unbranched alkanes of at least 4 members (excludes halogenated alkanes) is 2. The zero-order valence-corrected chi connectivity index (χ0v) is 11.5. The maximum absolute atomic E-state index is 10.2. The van der Waals surface area contributed by atoms with Crippen LogP contribution >= 0.6 is 0 Å². The van der Waals surface area contributed by atoms with Crippen LogP contribution in [-0.4, -0.2) is 33.9 Å². The average Bonchev–Trinajstić information content (AvgIpc) is 2.36. The molecule has 0 amide bonds. The Morgan fingerprint density at radius 2 is 1.32 bits per heavy atom. The molecule has 19 heavy (non-hydrogen) atoms. The highest BCUT2D eigenvalue weighted by Crippen LogP contribution is 2.06. The largest absolute Gasteiger partial charge is 0.478 e. The van der Waals surface area contributed by atoms with Crippen LogP contribution in [0.25, 0.3) is 0 Å². The number of hydrogen-bond donors (Lipinski definition) is 3. The number of carboxylic acid groups (broad SMARTS) is 2. The average molecular weight is 272 g/mol. The first-order chi connectivity index (χ1) is 8.86. The first-order valence-corrected chi connectivity index (χ1v) is 6.29. The lowest BCUT2D eigenvalue weighted by Crippen LogP contribution is -1.99. The molecule has 0 rings (SSSR count). The van der Waals surface area contributed by atoms with Crippen molar-refractivity contribution < 1.29 is 24.9 Å². The minimum atomic E-state index is -0.983. The van der Waals surface area contributed by atoms with Gasteiger partial charge in [0.25, 0.3) is 0 Å². The molecular formula is C14H24O5. The van der Waals surface area contributed by atoms with Gasteiger partial charge in [0.15, 0.2) is 0 Å². The Morgan fingerprint density at radius 1 is 0.895 bits per heavy atom. The van der Waals surface area contributed by atoms with Gasteiger partial charge in [-0.25, -0.2) is 9.59 Å². The van der Waals surface area contributed by atoms with Gasteiger partial charge in [-0.2, -0.15) is 0 Å². The number of aliphatic carboxylic acids is 2. The second kappa shape index (κ2) is 12.8. The van der Waals surface area contributed by atoms with E-state index >= 15 is 0 Å². The standard InChI is InChI=1S/C8H14O2.C6H10O3/c1-3-4-5-6-7(2)8(9)10;1-5(6(8)9)3-2-4-7/h2-6H2,1H3,(H,9,10);7H,1-4H2,(H,8,9). The molecule has 0 aliphatic rings. The summed E-state index contributed by atoms with van der Waals surface area (Å²) in [6.07, 6.45) is 4.63. The van der Waals surface area contributed by atoms with Gasteiger partial charge < -0.3 is 15.3 Å². The molecule has 3 N–H and O–H groups in total. The fourth-order valence-corrected chi connectivity index (χ4v) is 1.09. The van der Waals surface area contributed by atoms with Crippen LogP contribution in [0.4, 0.5) is 0 Å². The molecule has 0 aromatic rings. The van der Waals surface area contributed by atoms with Crippen molar-refractivity contribution in [2.45, 2.75) is 45.4 Å². The lowest BCUT2D eigenvalue weighted by Gasteiger charge is -1.97. The molecule has 0 saturated heterocycles. The Balaban J connectivity index is 0. The Labute approximate surface area is 114 Å². The third kappa shape index (κ3) is 14.3. The number of aliphatic hydroxyl groups is 1. The van der Waals surface area contributed by atoms with Crippen molar-refractivity contribution in [3.63, 3.8) is 0 Å². The van der Waals surface area contributed by atoms with E-state index in [4.69, 9.17) is 15.3 Å². The lowest BCUT2D eigenvalue weighted by atomic mass is 10.1. The molecule has 0 spiro atoms. The Morgan fingerprint density at radius 3 is 1.63 bits per heavy atom.